The van der Waals surface area contributed by atoms with Crippen LogP contribution in [0.5, 0.6) is 0 Å². The van der Waals surface area contributed by atoms with E-state index >= 15 is 0 Å². The average Bonchev–Trinajstić information content (AvgIpc) is 2.98. The summed E-state index contributed by atoms with van der Waals surface area (Å²) in [6.45, 7) is 2.91. The van der Waals surface area contributed by atoms with Crippen molar-refractivity contribution in [2.45, 2.75) is 38.8 Å². The zero-order valence-corrected chi connectivity index (χ0v) is 14.9. The first kappa shape index (κ1) is 18.1. The maximum absolute atomic E-state index is 13.0. The van der Waals surface area contributed by atoms with E-state index in [1.54, 1.807) is 17.0 Å². The zero-order valence-electron chi connectivity index (χ0n) is 14.9. The molecule has 0 spiro atoms. The Kier molecular flexibility index (Phi) is 5.66. The van der Waals surface area contributed by atoms with E-state index in [4.69, 9.17) is 0 Å². The fourth-order valence-electron chi connectivity index (χ4n) is 3.31. The van der Waals surface area contributed by atoms with Crippen LogP contribution in [0, 0.1) is 12.7 Å². The lowest BCUT2D eigenvalue weighted by Crippen LogP contribution is -2.44. The maximum Gasteiger partial charge on any atom is 0.242 e. The highest BCUT2D eigenvalue weighted by Crippen LogP contribution is 2.22. The number of benzene rings is 2. The summed E-state index contributed by atoms with van der Waals surface area (Å²) in [6, 6.07) is 13.8. The van der Waals surface area contributed by atoms with Crippen LogP contribution in [-0.4, -0.2) is 29.3 Å². The number of hydrogen-bond donors (Lipinski definition) is 1. The van der Waals surface area contributed by atoms with E-state index in [0.717, 1.165) is 12.0 Å². The van der Waals surface area contributed by atoms with Crippen LogP contribution in [0.3, 0.4) is 0 Å². The van der Waals surface area contributed by atoms with Gasteiger partial charge in [0, 0.05) is 19.5 Å². The van der Waals surface area contributed by atoms with Crippen LogP contribution in [0.1, 0.15) is 29.5 Å². The van der Waals surface area contributed by atoms with Crippen molar-refractivity contribution < 1.29 is 14.0 Å². The van der Waals surface area contributed by atoms with Gasteiger partial charge in [-0.1, -0.05) is 42.0 Å². The molecule has 0 unspecified atom stereocenters. The number of carbonyl (C=O) groups excluding carboxylic acids is 2. The second-order valence-corrected chi connectivity index (χ2v) is 6.73. The Morgan fingerprint density at radius 1 is 1.19 bits per heavy atom. The minimum atomic E-state index is -0.454. The van der Waals surface area contributed by atoms with Gasteiger partial charge in [0.25, 0.3) is 0 Å². The number of aryl methyl sites for hydroxylation is 1. The van der Waals surface area contributed by atoms with Crippen LogP contribution in [0.15, 0.2) is 48.5 Å². The Labute approximate surface area is 153 Å². The lowest BCUT2D eigenvalue weighted by Gasteiger charge is -2.24. The summed E-state index contributed by atoms with van der Waals surface area (Å²) in [4.78, 5) is 26.3. The van der Waals surface area contributed by atoms with Gasteiger partial charge in [-0.15, -0.1) is 0 Å². The number of carbonyl (C=O) groups is 2. The van der Waals surface area contributed by atoms with E-state index in [0.29, 0.717) is 25.9 Å². The molecule has 1 atom stereocenters. The molecule has 1 fully saturated rings. The average molecular weight is 354 g/mol. The molecule has 0 aromatic heterocycles. The Morgan fingerprint density at radius 3 is 2.69 bits per heavy atom. The van der Waals surface area contributed by atoms with Gasteiger partial charge in [0.15, 0.2) is 0 Å². The molecule has 3 rings (SSSR count). The Morgan fingerprint density at radius 2 is 1.96 bits per heavy atom. The van der Waals surface area contributed by atoms with Gasteiger partial charge in [0.2, 0.25) is 11.8 Å². The highest BCUT2D eigenvalue weighted by atomic mass is 19.1. The molecule has 0 radical (unpaired) electrons. The van der Waals surface area contributed by atoms with Crippen molar-refractivity contribution in [1.29, 1.82) is 0 Å². The van der Waals surface area contributed by atoms with Gasteiger partial charge in [0.05, 0.1) is 0 Å². The molecule has 1 saturated heterocycles. The maximum atomic E-state index is 13.0. The highest BCUT2D eigenvalue weighted by Gasteiger charge is 2.35. The van der Waals surface area contributed by atoms with Crippen molar-refractivity contribution in [2.75, 3.05) is 6.54 Å². The third-order valence-corrected chi connectivity index (χ3v) is 4.69. The van der Waals surface area contributed by atoms with Gasteiger partial charge in [-0.05, 0) is 43.0 Å². The van der Waals surface area contributed by atoms with E-state index in [1.165, 1.54) is 23.3 Å². The van der Waals surface area contributed by atoms with Crippen LogP contribution in [-0.2, 0) is 22.6 Å². The van der Waals surface area contributed by atoms with E-state index in [1.807, 2.05) is 25.1 Å². The van der Waals surface area contributed by atoms with Crippen LogP contribution in [0.25, 0.3) is 0 Å². The van der Waals surface area contributed by atoms with Gasteiger partial charge in [-0.2, -0.15) is 0 Å². The third-order valence-electron chi connectivity index (χ3n) is 4.69. The van der Waals surface area contributed by atoms with Crippen molar-refractivity contribution in [2.24, 2.45) is 0 Å². The quantitative estimate of drug-likeness (QED) is 0.867. The van der Waals surface area contributed by atoms with Crippen LogP contribution < -0.4 is 5.32 Å². The first-order valence-electron chi connectivity index (χ1n) is 8.90. The van der Waals surface area contributed by atoms with E-state index in [-0.39, 0.29) is 17.6 Å². The summed E-state index contributed by atoms with van der Waals surface area (Å²) in [5.74, 6) is -0.467. The molecule has 136 valence electrons. The standard InChI is InChI=1S/C21H23FN2O2/c1-15-3-2-4-16(13-15)11-12-23-21(26)19-9-10-20(25)24(19)14-17-5-7-18(22)8-6-17/h2-8,13,19H,9-12,14H2,1H3,(H,23,26)/t19-/m1/s1. The SMILES string of the molecule is Cc1cccc(CCNC(=O)[C@H]2CCC(=O)N2Cc2ccc(F)cc2)c1. The third kappa shape index (κ3) is 4.48. The lowest BCUT2D eigenvalue weighted by molar-refractivity contribution is -0.135. The molecule has 1 heterocycles. The Bertz CT molecular complexity index is 789. The fraction of sp³-hybridized carbons (Fsp3) is 0.333. The Hall–Kier alpha value is -2.69. The Balaban J connectivity index is 1.56. The highest BCUT2D eigenvalue weighted by molar-refractivity contribution is 5.90. The number of rotatable bonds is 6. The number of nitrogens with one attached hydrogen (secondary N) is 1. The van der Waals surface area contributed by atoms with Crippen LogP contribution in [0.4, 0.5) is 4.39 Å². The molecule has 0 saturated carbocycles. The molecule has 1 aliphatic rings. The zero-order chi connectivity index (χ0) is 18.5. The molecule has 2 amide bonds. The fourth-order valence-corrected chi connectivity index (χ4v) is 3.31. The molecule has 2 aromatic carbocycles. The summed E-state index contributed by atoms with van der Waals surface area (Å²) in [5.41, 5.74) is 3.19. The number of hydrogen-bond acceptors (Lipinski definition) is 2. The normalized spacial score (nSPS) is 16.8. The van der Waals surface area contributed by atoms with Gasteiger partial charge >= 0.3 is 0 Å². The topological polar surface area (TPSA) is 49.4 Å². The predicted molar refractivity (Wildman–Crippen MR) is 97.9 cm³/mol. The monoisotopic (exact) mass is 354 g/mol. The van der Waals surface area contributed by atoms with Crippen molar-refractivity contribution >= 4 is 11.8 Å². The first-order chi connectivity index (χ1) is 12.5. The second-order valence-electron chi connectivity index (χ2n) is 6.73. The van der Waals surface area contributed by atoms with Crippen molar-refractivity contribution in [1.82, 2.24) is 10.2 Å². The summed E-state index contributed by atoms with van der Waals surface area (Å²) < 4.78 is 13.0. The van der Waals surface area contributed by atoms with E-state index in [2.05, 4.69) is 11.4 Å². The van der Waals surface area contributed by atoms with Gasteiger partial charge in [-0.3, -0.25) is 9.59 Å². The van der Waals surface area contributed by atoms with E-state index < -0.39 is 6.04 Å². The molecule has 0 bridgehead atoms. The first-order valence-corrected chi connectivity index (χ1v) is 8.90. The number of halogens is 1. The van der Waals surface area contributed by atoms with Gasteiger partial charge in [-0.25, -0.2) is 4.39 Å². The molecule has 0 aliphatic carbocycles. The molecule has 5 heteroatoms. The molecular formula is C21H23FN2O2. The van der Waals surface area contributed by atoms with Crippen molar-refractivity contribution in [3.63, 3.8) is 0 Å². The molecule has 26 heavy (non-hydrogen) atoms. The largest absolute Gasteiger partial charge is 0.354 e. The number of likely N-dealkylation sites (tertiary alicyclic amines) is 1. The van der Waals surface area contributed by atoms with Crippen molar-refractivity contribution in [3.8, 4) is 0 Å². The molecule has 2 aromatic rings. The molecule has 4 nitrogen and oxygen atoms in total. The predicted octanol–water partition coefficient (Wildman–Crippen LogP) is 2.98. The van der Waals surface area contributed by atoms with E-state index in [9.17, 15) is 14.0 Å². The lowest BCUT2D eigenvalue weighted by atomic mass is 10.1. The summed E-state index contributed by atoms with van der Waals surface area (Å²) in [7, 11) is 0. The summed E-state index contributed by atoms with van der Waals surface area (Å²) in [5, 5.41) is 2.95. The van der Waals surface area contributed by atoms with Crippen LogP contribution >= 0.6 is 0 Å². The smallest absolute Gasteiger partial charge is 0.242 e. The van der Waals surface area contributed by atoms with Gasteiger partial charge < -0.3 is 10.2 Å². The summed E-state index contributed by atoms with van der Waals surface area (Å²) >= 11 is 0. The van der Waals surface area contributed by atoms with Gasteiger partial charge in [0.1, 0.15) is 11.9 Å². The molecular weight excluding hydrogens is 331 g/mol. The minimum Gasteiger partial charge on any atom is -0.354 e. The summed E-state index contributed by atoms with van der Waals surface area (Å²) in [6.07, 6.45) is 1.65. The van der Waals surface area contributed by atoms with Crippen LogP contribution in [0.2, 0.25) is 0 Å². The molecule has 1 N–H and O–H groups in total. The minimum absolute atomic E-state index is 0.0341. The van der Waals surface area contributed by atoms with Crippen molar-refractivity contribution in [3.05, 3.63) is 71.0 Å². The molecule has 1 aliphatic heterocycles. The second kappa shape index (κ2) is 8.13. The number of nitrogens with zero attached hydrogens (tertiary/aromatic N) is 1. The number of amides is 2.